The number of hydrogen-bond acceptors (Lipinski definition) is 8. The number of carbonyl (C=O) groups is 1. The minimum atomic E-state index is -0.393. The fourth-order valence-electron chi connectivity index (χ4n) is 1.94. The van der Waals surface area contributed by atoms with Crippen LogP contribution in [0.3, 0.4) is 0 Å². The van der Waals surface area contributed by atoms with E-state index in [1.807, 2.05) is 25.1 Å². The smallest absolute Gasteiger partial charge is 0.258 e. The Morgan fingerprint density at radius 2 is 2.08 bits per heavy atom. The van der Waals surface area contributed by atoms with Gasteiger partial charge in [-0.1, -0.05) is 47.0 Å². The molecular weight excluding hydrogens is 366 g/mol. The summed E-state index contributed by atoms with van der Waals surface area (Å²) in [6.07, 6.45) is 0. The molecule has 0 saturated heterocycles. The molecule has 1 atom stereocenters. The van der Waals surface area contributed by atoms with Gasteiger partial charge in [-0.05, 0) is 19.1 Å². The van der Waals surface area contributed by atoms with E-state index in [2.05, 4.69) is 20.2 Å². The Balaban J connectivity index is 1.76. The molecule has 7 nitrogen and oxygen atoms in total. The van der Waals surface area contributed by atoms with Crippen LogP contribution in [0.25, 0.3) is 10.9 Å². The second-order valence-corrected chi connectivity index (χ2v) is 8.61. The van der Waals surface area contributed by atoms with Crippen LogP contribution >= 0.6 is 34.9 Å². The van der Waals surface area contributed by atoms with Gasteiger partial charge in [0.15, 0.2) is 8.68 Å². The summed E-state index contributed by atoms with van der Waals surface area (Å²) in [5.74, 6) is 0.370. The number of aromatic amines is 1. The Labute approximate surface area is 149 Å². The van der Waals surface area contributed by atoms with Crippen LogP contribution < -0.4 is 11.3 Å². The highest BCUT2D eigenvalue weighted by molar-refractivity contribution is 8.03. The fraction of sp³-hybridized carbons (Fsp3) is 0.214. The van der Waals surface area contributed by atoms with Crippen molar-refractivity contribution < 1.29 is 4.79 Å². The third kappa shape index (κ3) is 3.94. The molecular formula is C14H13N5O2S3. The van der Waals surface area contributed by atoms with E-state index in [0.29, 0.717) is 21.1 Å². The molecule has 0 aliphatic rings. The first-order valence-corrected chi connectivity index (χ1v) is 9.61. The summed E-state index contributed by atoms with van der Waals surface area (Å²) in [4.78, 5) is 30.3. The summed E-state index contributed by atoms with van der Waals surface area (Å²) in [7, 11) is 0. The van der Waals surface area contributed by atoms with E-state index in [0.717, 1.165) is 4.34 Å². The first-order chi connectivity index (χ1) is 11.5. The molecule has 0 fully saturated rings. The van der Waals surface area contributed by atoms with Gasteiger partial charge in [0.1, 0.15) is 5.82 Å². The van der Waals surface area contributed by atoms with Crippen LogP contribution in [0.2, 0.25) is 0 Å². The monoisotopic (exact) mass is 379 g/mol. The number of nitrogens with zero attached hydrogens (tertiary/aromatic N) is 3. The van der Waals surface area contributed by atoms with Gasteiger partial charge in [-0.15, -0.1) is 10.2 Å². The van der Waals surface area contributed by atoms with Gasteiger partial charge >= 0.3 is 0 Å². The number of nitrogens with two attached hydrogens (primary N) is 1. The number of primary amides is 1. The van der Waals surface area contributed by atoms with Crippen molar-refractivity contribution in [3.63, 3.8) is 0 Å². The van der Waals surface area contributed by atoms with Crippen LogP contribution in [0.1, 0.15) is 18.0 Å². The van der Waals surface area contributed by atoms with Crippen molar-refractivity contribution in [1.29, 1.82) is 0 Å². The zero-order valence-electron chi connectivity index (χ0n) is 12.6. The van der Waals surface area contributed by atoms with Crippen molar-refractivity contribution in [2.75, 3.05) is 5.75 Å². The fourth-order valence-corrected chi connectivity index (χ4v) is 4.90. The topological polar surface area (TPSA) is 115 Å². The molecule has 0 spiro atoms. The molecule has 3 N–H and O–H groups in total. The molecule has 3 rings (SSSR count). The number of benzene rings is 1. The van der Waals surface area contributed by atoms with E-state index in [-0.39, 0.29) is 16.6 Å². The van der Waals surface area contributed by atoms with E-state index in [4.69, 9.17) is 5.73 Å². The molecule has 10 heteroatoms. The van der Waals surface area contributed by atoms with E-state index in [9.17, 15) is 9.59 Å². The molecule has 0 bridgehead atoms. The Morgan fingerprint density at radius 1 is 1.33 bits per heavy atom. The second kappa shape index (κ2) is 7.32. The zero-order chi connectivity index (χ0) is 17.1. The first kappa shape index (κ1) is 16.9. The summed E-state index contributed by atoms with van der Waals surface area (Å²) in [5, 5.41) is 8.57. The number of nitrogens with one attached hydrogen (secondary N) is 1. The van der Waals surface area contributed by atoms with Crippen molar-refractivity contribution in [2.45, 2.75) is 20.9 Å². The lowest BCUT2D eigenvalue weighted by atomic mass is 10.2. The number of carbonyl (C=O) groups excluding carboxylic acids is 1. The molecule has 1 aromatic carbocycles. The average molecular weight is 379 g/mol. The van der Waals surface area contributed by atoms with Gasteiger partial charge < -0.3 is 10.7 Å². The Hall–Kier alpha value is -1.91. The third-order valence-electron chi connectivity index (χ3n) is 3.02. The van der Waals surface area contributed by atoms with Gasteiger partial charge in [-0.2, -0.15) is 0 Å². The molecule has 2 heterocycles. The molecule has 124 valence electrons. The lowest BCUT2D eigenvalue weighted by Crippen LogP contribution is -2.12. The van der Waals surface area contributed by atoms with Crippen molar-refractivity contribution in [1.82, 2.24) is 20.2 Å². The number of hydrogen-bond donors (Lipinski definition) is 2. The van der Waals surface area contributed by atoms with Crippen molar-refractivity contribution in [3.8, 4) is 0 Å². The lowest BCUT2D eigenvalue weighted by Gasteiger charge is -2.08. The number of amides is 1. The summed E-state index contributed by atoms with van der Waals surface area (Å²) < 4.78 is 1.42. The first-order valence-electron chi connectivity index (χ1n) is 6.93. The zero-order valence-corrected chi connectivity index (χ0v) is 15.0. The van der Waals surface area contributed by atoms with Crippen LogP contribution in [0.5, 0.6) is 0 Å². The van der Waals surface area contributed by atoms with Crippen molar-refractivity contribution in [3.05, 3.63) is 40.4 Å². The predicted octanol–water partition coefficient (Wildman–Crippen LogP) is 2.21. The maximum Gasteiger partial charge on any atom is 0.258 e. The molecule has 0 aliphatic heterocycles. The molecule has 0 saturated carbocycles. The van der Waals surface area contributed by atoms with Gasteiger partial charge in [0.05, 0.1) is 21.9 Å². The second-order valence-electron chi connectivity index (χ2n) is 4.82. The number of H-pyrrole nitrogens is 1. The number of thioether (sulfide) groups is 2. The SMILES string of the molecule is C[C@H](Sc1nnc(SCC(N)=O)s1)c1nc2ccccc2c(=O)[nH]1. The Morgan fingerprint density at radius 3 is 2.88 bits per heavy atom. The average Bonchev–Trinajstić information content (AvgIpc) is 3.00. The summed E-state index contributed by atoms with van der Waals surface area (Å²) in [5.41, 5.74) is 5.62. The van der Waals surface area contributed by atoms with Crippen LogP contribution in [-0.4, -0.2) is 31.8 Å². The van der Waals surface area contributed by atoms with Gasteiger partial charge in [0.25, 0.3) is 5.56 Å². The lowest BCUT2D eigenvalue weighted by molar-refractivity contribution is -0.115. The standard InChI is InChI=1S/C14H13N5O2S3/c1-7(23-14-19-18-13(24-14)22-6-10(15)20)11-16-9-5-3-2-4-8(9)12(21)17-11/h2-5,7H,6H2,1H3,(H2,15,20)(H,16,17,21)/t7-/m0/s1. The van der Waals surface area contributed by atoms with Gasteiger partial charge in [-0.3, -0.25) is 9.59 Å². The molecule has 1 amide bonds. The maximum atomic E-state index is 12.1. The maximum absolute atomic E-state index is 12.1. The molecule has 2 aromatic heterocycles. The van der Waals surface area contributed by atoms with E-state index in [1.165, 1.54) is 34.9 Å². The predicted molar refractivity (Wildman–Crippen MR) is 96.5 cm³/mol. The minimum Gasteiger partial charge on any atom is -0.369 e. The van der Waals surface area contributed by atoms with Crippen molar-refractivity contribution >= 4 is 51.7 Å². The number of rotatable bonds is 6. The molecule has 3 aromatic rings. The molecule has 0 aliphatic carbocycles. The highest BCUT2D eigenvalue weighted by Gasteiger charge is 2.15. The number of fused-ring (bicyclic) bond motifs is 1. The van der Waals surface area contributed by atoms with Crippen LogP contribution in [0.4, 0.5) is 0 Å². The normalized spacial score (nSPS) is 12.4. The summed E-state index contributed by atoms with van der Waals surface area (Å²) in [6.45, 7) is 1.94. The molecule has 0 unspecified atom stereocenters. The highest BCUT2D eigenvalue weighted by Crippen LogP contribution is 2.36. The van der Waals surface area contributed by atoms with Crippen LogP contribution in [-0.2, 0) is 4.79 Å². The van der Waals surface area contributed by atoms with Crippen molar-refractivity contribution in [2.24, 2.45) is 5.73 Å². The Kier molecular flexibility index (Phi) is 5.17. The summed E-state index contributed by atoms with van der Waals surface area (Å²) >= 11 is 4.09. The van der Waals surface area contributed by atoms with Gasteiger partial charge in [0.2, 0.25) is 5.91 Å². The largest absolute Gasteiger partial charge is 0.369 e. The summed E-state index contributed by atoms with van der Waals surface area (Å²) in [6, 6.07) is 7.22. The van der Waals surface area contributed by atoms with Crippen LogP contribution in [0, 0.1) is 0 Å². The third-order valence-corrected chi connectivity index (χ3v) is 6.29. The van der Waals surface area contributed by atoms with Gasteiger partial charge in [0, 0.05) is 0 Å². The minimum absolute atomic E-state index is 0.0933. The molecule has 0 radical (unpaired) electrons. The van der Waals surface area contributed by atoms with Crippen LogP contribution in [0.15, 0.2) is 37.7 Å². The number of aromatic nitrogens is 4. The quantitative estimate of drug-likeness (QED) is 0.631. The van der Waals surface area contributed by atoms with Gasteiger partial charge in [-0.25, -0.2) is 4.98 Å². The highest BCUT2D eigenvalue weighted by atomic mass is 32.2. The Bertz CT molecular complexity index is 939. The van der Waals surface area contributed by atoms with E-state index in [1.54, 1.807) is 6.07 Å². The number of para-hydroxylation sites is 1. The van der Waals surface area contributed by atoms with E-state index < -0.39 is 5.91 Å². The molecule has 24 heavy (non-hydrogen) atoms. The van der Waals surface area contributed by atoms with E-state index >= 15 is 0 Å².